The Hall–Kier alpha value is -0.470. The summed E-state index contributed by atoms with van der Waals surface area (Å²) in [6, 6.07) is 0. The van der Waals surface area contributed by atoms with Crippen LogP contribution in [0.15, 0.2) is 11.6 Å². The fourth-order valence-electron chi connectivity index (χ4n) is 0.483. The Balaban J connectivity index is 3.56. The third-order valence-corrected chi connectivity index (χ3v) is 1.30. The van der Waals surface area contributed by atoms with Gasteiger partial charge in [0.15, 0.2) is 0 Å². The van der Waals surface area contributed by atoms with Crippen LogP contribution in [0.3, 0.4) is 0 Å². The van der Waals surface area contributed by atoms with Crippen molar-refractivity contribution in [1.29, 1.82) is 0 Å². The molecule has 0 N–H and O–H groups in total. The molecule has 0 heterocycles. The van der Waals surface area contributed by atoms with E-state index in [1.807, 2.05) is 0 Å². The van der Waals surface area contributed by atoms with Crippen molar-refractivity contribution in [3.63, 3.8) is 0 Å². The third-order valence-electron chi connectivity index (χ3n) is 1.30. The van der Waals surface area contributed by atoms with Gasteiger partial charge in [-0.2, -0.15) is 13.2 Å². The normalized spacial score (nSPS) is 13.9. The largest absolute Gasteiger partial charge is 0.389 e. The first-order chi connectivity index (χ1) is 4.45. The van der Waals surface area contributed by atoms with Crippen LogP contribution in [0.2, 0.25) is 0 Å². The summed E-state index contributed by atoms with van der Waals surface area (Å²) in [6.45, 7) is 3.44. The minimum absolute atomic E-state index is 0.125. The van der Waals surface area contributed by atoms with E-state index in [1.165, 1.54) is 0 Å². The predicted molar refractivity (Wildman–Crippen MR) is 34.7 cm³/mol. The highest BCUT2D eigenvalue weighted by Crippen LogP contribution is 2.23. The molecule has 0 aliphatic heterocycles. The highest BCUT2D eigenvalue weighted by Gasteiger charge is 2.25. The van der Waals surface area contributed by atoms with Gasteiger partial charge in [-0.3, -0.25) is 0 Å². The first-order valence-corrected chi connectivity index (χ1v) is 3.14. The molecule has 0 nitrogen and oxygen atoms in total. The summed E-state index contributed by atoms with van der Waals surface area (Å²) in [5.74, 6) is 0. The molecule has 0 saturated heterocycles. The number of allylic oxidation sites excluding steroid dienone is 2. The van der Waals surface area contributed by atoms with Gasteiger partial charge in [0, 0.05) is 6.42 Å². The number of hydrogen-bond acceptors (Lipinski definition) is 0. The Morgan fingerprint density at radius 2 is 1.90 bits per heavy atom. The molecule has 0 unspecified atom stereocenters. The molecule has 0 amide bonds. The van der Waals surface area contributed by atoms with Crippen LogP contribution in [-0.2, 0) is 0 Å². The smallest absolute Gasteiger partial charge is 0.171 e. The molecule has 10 heavy (non-hydrogen) atoms. The van der Waals surface area contributed by atoms with Crippen molar-refractivity contribution in [3.05, 3.63) is 11.6 Å². The summed E-state index contributed by atoms with van der Waals surface area (Å²) in [4.78, 5) is 0. The van der Waals surface area contributed by atoms with Gasteiger partial charge in [0.25, 0.3) is 0 Å². The predicted octanol–water partition coefficient (Wildman–Crippen LogP) is 3.30. The van der Waals surface area contributed by atoms with Crippen molar-refractivity contribution in [1.82, 2.24) is 0 Å². The Bertz CT molecular complexity index is 121. The molecule has 0 rings (SSSR count). The van der Waals surface area contributed by atoms with E-state index in [2.05, 4.69) is 0 Å². The molecule has 0 atom stereocenters. The van der Waals surface area contributed by atoms with Crippen molar-refractivity contribution in [3.8, 4) is 0 Å². The fourth-order valence-corrected chi connectivity index (χ4v) is 0.483. The van der Waals surface area contributed by atoms with Gasteiger partial charge < -0.3 is 0 Å². The van der Waals surface area contributed by atoms with Crippen molar-refractivity contribution in [2.24, 2.45) is 0 Å². The molecule has 0 aromatic rings. The maximum absolute atomic E-state index is 11.5. The van der Waals surface area contributed by atoms with Gasteiger partial charge in [0.1, 0.15) is 0 Å². The van der Waals surface area contributed by atoms with E-state index in [4.69, 9.17) is 0 Å². The van der Waals surface area contributed by atoms with E-state index in [1.54, 1.807) is 19.9 Å². The minimum atomic E-state index is -4.01. The second-order valence-corrected chi connectivity index (χ2v) is 2.25. The lowest BCUT2D eigenvalue weighted by Crippen LogP contribution is -2.06. The van der Waals surface area contributed by atoms with Crippen LogP contribution in [0.25, 0.3) is 0 Å². The van der Waals surface area contributed by atoms with Crippen LogP contribution in [0.5, 0.6) is 0 Å². The highest BCUT2D eigenvalue weighted by atomic mass is 19.4. The first kappa shape index (κ1) is 9.53. The number of halogens is 3. The third kappa shape index (κ3) is 5.66. The summed E-state index contributed by atoms with van der Waals surface area (Å²) < 4.78 is 34.6. The molecule has 0 spiro atoms. The Morgan fingerprint density at radius 3 is 2.20 bits per heavy atom. The monoisotopic (exact) mass is 152 g/mol. The molecular weight excluding hydrogens is 141 g/mol. The van der Waals surface area contributed by atoms with Gasteiger partial charge in [-0.25, -0.2) is 0 Å². The number of rotatable bonds is 2. The zero-order valence-corrected chi connectivity index (χ0v) is 6.13. The van der Waals surface area contributed by atoms with Crippen LogP contribution in [-0.4, -0.2) is 6.18 Å². The van der Waals surface area contributed by atoms with Gasteiger partial charge >= 0.3 is 6.18 Å². The van der Waals surface area contributed by atoms with Gasteiger partial charge in [-0.15, -0.1) is 0 Å². The van der Waals surface area contributed by atoms with Crippen LogP contribution in [0.1, 0.15) is 26.7 Å². The second kappa shape index (κ2) is 3.64. The summed E-state index contributed by atoms with van der Waals surface area (Å²) in [5.41, 5.74) is 0.789. The van der Waals surface area contributed by atoms with E-state index < -0.39 is 12.6 Å². The van der Waals surface area contributed by atoms with E-state index in [-0.39, 0.29) is 6.42 Å². The van der Waals surface area contributed by atoms with Crippen molar-refractivity contribution < 1.29 is 13.2 Å². The molecule has 3 heteroatoms. The maximum Gasteiger partial charge on any atom is 0.389 e. The standard InChI is InChI=1S/C7H11F3/c1-3-6(2)4-5-7(8,9)10/h3H,4-5H2,1-2H3/b6-3-. The SMILES string of the molecule is C/C=C(/C)CCC(F)(F)F. The molecule has 0 aromatic carbocycles. The lowest BCUT2D eigenvalue weighted by atomic mass is 10.1. The lowest BCUT2D eigenvalue weighted by molar-refractivity contribution is -0.133. The fraction of sp³-hybridized carbons (Fsp3) is 0.714. The van der Waals surface area contributed by atoms with Gasteiger partial charge in [-0.05, 0) is 20.3 Å². The van der Waals surface area contributed by atoms with E-state index in [0.717, 1.165) is 5.57 Å². The second-order valence-electron chi connectivity index (χ2n) is 2.25. The minimum Gasteiger partial charge on any atom is -0.171 e. The number of hydrogen-bond donors (Lipinski definition) is 0. The Kier molecular flexibility index (Phi) is 3.47. The molecule has 60 valence electrons. The Morgan fingerprint density at radius 1 is 1.40 bits per heavy atom. The van der Waals surface area contributed by atoms with E-state index in [0.29, 0.717) is 0 Å². The molecule has 0 fully saturated rings. The average Bonchev–Trinajstić information content (AvgIpc) is 1.81. The molecule has 0 aromatic heterocycles. The maximum atomic E-state index is 11.5. The molecule has 0 aliphatic rings. The molecule has 0 bridgehead atoms. The summed E-state index contributed by atoms with van der Waals surface area (Å²) in [5, 5.41) is 0. The van der Waals surface area contributed by atoms with E-state index in [9.17, 15) is 13.2 Å². The zero-order chi connectivity index (χ0) is 8.20. The van der Waals surface area contributed by atoms with Crippen molar-refractivity contribution >= 4 is 0 Å². The van der Waals surface area contributed by atoms with Crippen molar-refractivity contribution in [2.75, 3.05) is 0 Å². The summed E-state index contributed by atoms with van der Waals surface area (Å²) >= 11 is 0. The molecule has 0 radical (unpaired) electrons. The van der Waals surface area contributed by atoms with Crippen LogP contribution in [0, 0.1) is 0 Å². The average molecular weight is 152 g/mol. The van der Waals surface area contributed by atoms with Crippen LogP contribution in [0.4, 0.5) is 13.2 Å². The zero-order valence-electron chi connectivity index (χ0n) is 6.13. The quantitative estimate of drug-likeness (QED) is 0.532. The number of alkyl halides is 3. The van der Waals surface area contributed by atoms with Crippen LogP contribution < -0.4 is 0 Å². The first-order valence-electron chi connectivity index (χ1n) is 3.14. The topological polar surface area (TPSA) is 0 Å². The van der Waals surface area contributed by atoms with Gasteiger partial charge in [-0.1, -0.05) is 11.6 Å². The highest BCUT2D eigenvalue weighted by molar-refractivity contribution is 4.95. The summed E-state index contributed by atoms with van der Waals surface area (Å²) in [7, 11) is 0. The molecular formula is C7H11F3. The Labute approximate surface area is 58.7 Å². The summed E-state index contributed by atoms with van der Waals surface area (Å²) in [6.07, 6.45) is -2.89. The molecule has 0 saturated carbocycles. The van der Waals surface area contributed by atoms with E-state index >= 15 is 0 Å². The van der Waals surface area contributed by atoms with Gasteiger partial charge in [0.05, 0.1) is 0 Å². The van der Waals surface area contributed by atoms with Gasteiger partial charge in [0.2, 0.25) is 0 Å². The lowest BCUT2D eigenvalue weighted by Gasteiger charge is -2.04. The van der Waals surface area contributed by atoms with Crippen molar-refractivity contribution in [2.45, 2.75) is 32.9 Å². The molecule has 0 aliphatic carbocycles. The van der Waals surface area contributed by atoms with Crippen LogP contribution >= 0.6 is 0 Å².